The first kappa shape index (κ1) is 12.3. The summed E-state index contributed by atoms with van der Waals surface area (Å²) in [5.41, 5.74) is 1.29. The smallest absolute Gasteiger partial charge is 0.150 e. The van der Waals surface area contributed by atoms with Gasteiger partial charge in [0.05, 0.1) is 5.02 Å². The lowest BCUT2D eigenvalue weighted by Crippen LogP contribution is -1.91. The molecule has 0 saturated carbocycles. The monoisotopic (exact) mass is 312 g/mol. The Kier molecular flexibility index (Phi) is 3.60. The van der Waals surface area contributed by atoms with Crippen molar-refractivity contribution < 1.29 is 9.18 Å². The molecule has 0 N–H and O–H groups in total. The van der Waals surface area contributed by atoms with Gasteiger partial charge < -0.3 is 0 Å². The predicted molar refractivity (Wildman–Crippen MR) is 69.9 cm³/mol. The first-order valence-electron chi connectivity index (χ1n) is 4.83. The van der Waals surface area contributed by atoms with Crippen LogP contribution in [-0.2, 0) is 0 Å². The van der Waals surface area contributed by atoms with Crippen LogP contribution in [-0.4, -0.2) is 6.29 Å². The quantitative estimate of drug-likeness (QED) is 0.579. The van der Waals surface area contributed by atoms with Crippen molar-refractivity contribution in [3.8, 4) is 11.1 Å². The highest BCUT2D eigenvalue weighted by Crippen LogP contribution is 2.33. The molecule has 0 fully saturated rings. The zero-order valence-electron chi connectivity index (χ0n) is 8.58. The van der Waals surface area contributed by atoms with E-state index in [2.05, 4.69) is 15.9 Å². The second kappa shape index (κ2) is 4.98. The van der Waals surface area contributed by atoms with Crippen molar-refractivity contribution in [1.82, 2.24) is 0 Å². The van der Waals surface area contributed by atoms with Crippen LogP contribution in [0.1, 0.15) is 10.4 Å². The minimum atomic E-state index is -0.532. The molecule has 0 saturated heterocycles. The van der Waals surface area contributed by atoms with Crippen molar-refractivity contribution in [3.63, 3.8) is 0 Å². The van der Waals surface area contributed by atoms with E-state index < -0.39 is 5.82 Å². The molecular formula is C13H7BrClFO. The maximum atomic E-state index is 14.0. The molecule has 1 nitrogen and oxygen atoms in total. The first-order chi connectivity index (χ1) is 8.15. The molecule has 0 aliphatic heterocycles. The van der Waals surface area contributed by atoms with Crippen molar-refractivity contribution in [1.29, 1.82) is 0 Å². The molecule has 0 amide bonds. The van der Waals surface area contributed by atoms with Crippen LogP contribution >= 0.6 is 27.5 Å². The van der Waals surface area contributed by atoms with Crippen molar-refractivity contribution in [2.45, 2.75) is 0 Å². The van der Waals surface area contributed by atoms with Crippen LogP contribution in [0.4, 0.5) is 4.39 Å². The summed E-state index contributed by atoms with van der Waals surface area (Å²) in [4.78, 5) is 10.9. The molecule has 0 radical (unpaired) electrons. The number of benzene rings is 2. The van der Waals surface area contributed by atoms with E-state index in [0.717, 1.165) is 0 Å². The van der Waals surface area contributed by atoms with Crippen molar-refractivity contribution in [3.05, 3.63) is 57.3 Å². The van der Waals surface area contributed by atoms with E-state index in [4.69, 9.17) is 11.6 Å². The van der Waals surface area contributed by atoms with E-state index in [1.54, 1.807) is 36.4 Å². The van der Waals surface area contributed by atoms with E-state index in [9.17, 15) is 9.18 Å². The van der Waals surface area contributed by atoms with Crippen LogP contribution in [0.25, 0.3) is 11.1 Å². The number of carbonyl (C=O) groups is 1. The highest BCUT2D eigenvalue weighted by Gasteiger charge is 2.13. The van der Waals surface area contributed by atoms with Crippen LogP contribution in [0, 0.1) is 5.82 Å². The molecule has 17 heavy (non-hydrogen) atoms. The van der Waals surface area contributed by atoms with Crippen molar-refractivity contribution in [2.24, 2.45) is 0 Å². The molecule has 0 aromatic heterocycles. The van der Waals surface area contributed by atoms with Crippen LogP contribution in [0.15, 0.2) is 40.9 Å². The largest absolute Gasteiger partial charge is 0.298 e. The van der Waals surface area contributed by atoms with E-state index in [1.165, 1.54) is 0 Å². The normalized spacial score (nSPS) is 10.3. The van der Waals surface area contributed by atoms with Gasteiger partial charge in [-0.25, -0.2) is 4.39 Å². The molecule has 2 aromatic rings. The Balaban J connectivity index is 2.69. The number of rotatable bonds is 2. The minimum absolute atomic E-state index is 0.0169. The summed E-state index contributed by atoms with van der Waals surface area (Å²) in [7, 11) is 0. The second-order valence-electron chi connectivity index (χ2n) is 3.43. The van der Waals surface area contributed by atoms with Gasteiger partial charge in [-0.2, -0.15) is 0 Å². The molecular weight excluding hydrogens is 306 g/mol. The van der Waals surface area contributed by atoms with Gasteiger partial charge in [0.25, 0.3) is 0 Å². The third kappa shape index (κ3) is 2.26. The van der Waals surface area contributed by atoms with Crippen LogP contribution in [0.5, 0.6) is 0 Å². The number of halogens is 3. The Bertz CT molecular complexity index is 584. The zero-order chi connectivity index (χ0) is 12.4. The topological polar surface area (TPSA) is 17.1 Å². The molecule has 0 atom stereocenters. The van der Waals surface area contributed by atoms with Gasteiger partial charge in [0.1, 0.15) is 0 Å². The number of hydrogen-bond acceptors (Lipinski definition) is 1. The molecule has 0 bridgehead atoms. The summed E-state index contributed by atoms with van der Waals surface area (Å²) in [5, 5.41) is 0.0169. The van der Waals surface area contributed by atoms with Crippen LogP contribution < -0.4 is 0 Å². The Morgan fingerprint density at radius 3 is 2.53 bits per heavy atom. The molecule has 0 heterocycles. The summed E-state index contributed by atoms with van der Waals surface area (Å²) < 4.78 is 14.5. The number of aldehydes is 1. The molecule has 0 aliphatic rings. The first-order valence-corrected chi connectivity index (χ1v) is 6.00. The summed E-state index contributed by atoms with van der Waals surface area (Å²) in [6.45, 7) is 0. The van der Waals surface area contributed by atoms with Crippen molar-refractivity contribution in [2.75, 3.05) is 0 Å². The average Bonchev–Trinajstić information content (AvgIpc) is 2.36. The highest BCUT2D eigenvalue weighted by molar-refractivity contribution is 9.10. The molecule has 0 aliphatic carbocycles. The maximum Gasteiger partial charge on any atom is 0.150 e. The van der Waals surface area contributed by atoms with Gasteiger partial charge in [-0.3, -0.25) is 4.79 Å². The minimum Gasteiger partial charge on any atom is -0.298 e. The van der Waals surface area contributed by atoms with Crippen molar-refractivity contribution >= 4 is 33.8 Å². The molecule has 2 aromatic carbocycles. The van der Waals surface area contributed by atoms with E-state index in [1.807, 2.05) is 0 Å². The average molecular weight is 314 g/mol. The number of hydrogen-bond donors (Lipinski definition) is 0. The van der Waals surface area contributed by atoms with E-state index in [-0.39, 0.29) is 5.02 Å². The summed E-state index contributed by atoms with van der Waals surface area (Å²) >= 11 is 8.96. The van der Waals surface area contributed by atoms with Gasteiger partial charge in [-0.05, 0) is 27.6 Å². The van der Waals surface area contributed by atoms with Gasteiger partial charge >= 0.3 is 0 Å². The summed E-state index contributed by atoms with van der Waals surface area (Å²) in [5.74, 6) is -0.532. The van der Waals surface area contributed by atoms with Gasteiger partial charge in [-0.1, -0.05) is 41.9 Å². The maximum absolute atomic E-state index is 14.0. The molecule has 2 rings (SSSR count). The van der Waals surface area contributed by atoms with Crippen LogP contribution in [0.3, 0.4) is 0 Å². The highest BCUT2D eigenvalue weighted by atomic mass is 79.9. The second-order valence-corrected chi connectivity index (χ2v) is 4.66. The summed E-state index contributed by atoms with van der Waals surface area (Å²) in [6, 6.07) is 10.0. The third-order valence-electron chi connectivity index (χ3n) is 2.41. The molecule has 4 heteroatoms. The molecule has 86 valence electrons. The van der Waals surface area contributed by atoms with Crippen LogP contribution in [0.2, 0.25) is 5.02 Å². The lowest BCUT2D eigenvalue weighted by Gasteiger charge is -2.08. The van der Waals surface area contributed by atoms with E-state index >= 15 is 0 Å². The third-order valence-corrected chi connectivity index (χ3v) is 3.67. The SMILES string of the molecule is O=Cc1ccccc1-c1ccc(Br)c(Cl)c1F. The lowest BCUT2D eigenvalue weighted by molar-refractivity contribution is 0.112. The zero-order valence-corrected chi connectivity index (χ0v) is 10.9. The van der Waals surface area contributed by atoms with Gasteiger partial charge in [0.15, 0.2) is 12.1 Å². The standard InChI is InChI=1S/C13H7BrClFO/c14-11-6-5-10(13(16)12(11)15)9-4-2-1-3-8(9)7-17/h1-7H. The molecule has 0 unspecified atom stereocenters. The Hall–Kier alpha value is -1.19. The fourth-order valence-corrected chi connectivity index (χ4v) is 2.05. The fraction of sp³-hybridized carbons (Fsp3) is 0. The van der Waals surface area contributed by atoms with Gasteiger partial charge in [-0.15, -0.1) is 0 Å². The van der Waals surface area contributed by atoms with Gasteiger partial charge in [0.2, 0.25) is 0 Å². The molecule has 0 spiro atoms. The number of carbonyl (C=O) groups excluding carboxylic acids is 1. The predicted octanol–water partition coefficient (Wildman–Crippen LogP) is 4.72. The summed E-state index contributed by atoms with van der Waals surface area (Å²) in [6.07, 6.45) is 0.699. The van der Waals surface area contributed by atoms with Gasteiger partial charge in [0, 0.05) is 15.6 Å². The Labute approximate surface area is 111 Å². The van der Waals surface area contributed by atoms with E-state index in [0.29, 0.717) is 27.4 Å². The Morgan fingerprint density at radius 1 is 1.12 bits per heavy atom. The fourth-order valence-electron chi connectivity index (χ4n) is 1.58. The lowest BCUT2D eigenvalue weighted by atomic mass is 10.00. The Morgan fingerprint density at radius 2 is 1.82 bits per heavy atom.